The zero-order valence-corrected chi connectivity index (χ0v) is 8.19. The topological polar surface area (TPSA) is 67.2 Å². The third-order valence-corrected chi connectivity index (χ3v) is 1.97. The van der Waals surface area contributed by atoms with Crippen molar-refractivity contribution in [1.29, 1.82) is 0 Å². The van der Waals surface area contributed by atoms with Crippen LogP contribution >= 0.6 is 0 Å². The van der Waals surface area contributed by atoms with Gasteiger partial charge in [0, 0.05) is 37.1 Å². The molecule has 5 nitrogen and oxygen atoms in total. The minimum Gasteiger partial charge on any atom is -0.478 e. The van der Waals surface area contributed by atoms with E-state index < -0.39 is 5.97 Å². The Hall–Kier alpha value is -1.78. The molecule has 0 bridgehead atoms. The second-order valence-electron chi connectivity index (χ2n) is 2.93. The number of carboxylic acids is 1. The second kappa shape index (κ2) is 4.45. The Kier molecular flexibility index (Phi) is 3.28. The lowest BCUT2D eigenvalue weighted by Crippen LogP contribution is -2.06. The third kappa shape index (κ3) is 2.62. The highest BCUT2D eigenvalue weighted by atomic mass is 16.4. The molecule has 0 saturated carbocycles. The molecule has 5 heteroatoms. The van der Waals surface area contributed by atoms with Crippen molar-refractivity contribution in [2.24, 2.45) is 7.05 Å². The van der Waals surface area contributed by atoms with Crippen LogP contribution in [0.15, 0.2) is 18.5 Å². The fourth-order valence-electron chi connectivity index (χ4n) is 1.02. The molecule has 0 aliphatic heterocycles. The molecule has 0 radical (unpaired) electrons. The fourth-order valence-corrected chi connectivity index (χ4v) is 1.02. The number of rotatable bonds is 4. The van der Waals surface area contributed by atoms with Gasteiger partial charge in [0.25, 0.3) is 0 Å². The quantitative estimate of drug-likeness (QED) is 0.683. The van der Waals surface area contributed by atoms with E-state index in [2.05, 4.69) is 10.4 Å². The molecule has 0 spiro atoms. The molecule has 0 aliphatic carbocycles. The van der Waals surface area contributed by atoms with E-state index in [1.54, 1.807) is 10.9 Å². The normalized spacial score (nSPS) is 10.7. The van der Waals surface area contributed by atoms with E-state index in [1.807, 2.05) is 14.0 Å². The predicted molar refractivity (Wildman–Crippen MR) is 51.6 cm³/mol. The highest BCUT2D eigenvalue weighted by Crippen LogP contribution is 2.04. The highest BCUT2D eigenvalue weighted by molar-refractivity contribution is 5.79. The summed E-state index contributed by atoms with van der Waals surface area (Å²) in [6, 6.07) is 0. The third-order valence-electron chi connectivity index (χ3n) is 1.97. The summed E-state index contributed by atoms with van der Waals surface area (Å²) in [5.74, 6) is -0.958. The van der Waals surface area contributed by atoms with Gasteiger partial charge in [-0.15, -0.1) is 0 Å². The standard InChI is InChI=1S/C9H13N3O2/c1-7-8(6-11-12(7)2)5-10-4-3-9(13)14/h3-4,6,10H,5H2,1-2H3,(H,13,14)/b4-3+. The van der Waals surface area contributed by atoms with Gasteiger partial charge < -0.3 is 10.4 Å². The molecular weight excluding hydrogens is 182 g/mol. The first-order valence-electron chi connectivity index (χ1n) is 4.21. The van der Waals surface area contributed by atoms with Gasteiger partial charge in [-0.2, -0.15) is 5.10 Å². The van der Waals surface area contributed by atoms with Crippen LogP contribution < -0.4 is 5.32 Å². The van der Waals surface area contributed by atoms with Crippen molar-refractivity contribution in [3.05, 3.63) is 29.7 Å². The molecule has 2 N–H and O–H groups in total. The van der Waals surface area contributed by atoms with Crippen LogP contribution in [0.25, 0.3) is 0 Å². The number of aromatic nitrogens is 2. The van der Waals surface area contributed by atoms with Gasteiger partial charge in [0.05, 0.1) is 6.20 Å². The summed E-state index contributed by atoms with van der Waals surface area (Å²) in [6.07, 6.45) is 4.23. The number of nitrogens with one attached hydrogen (secondary N) is 1. The van der Waals surface area contributed by atoms with Gasteiger partial charge in [-0.3, -0.25) is 4.68 Å². The average molecular weight is 195 g/mol. The number of aryl methyl sites for hydroxylation is 1. The highest BCUT2D eigenvalue weighted by Gasteiger charge is 2.00. The molecule has 14 heavy (non-hydrogen) atoms. The largest absolute Gasteiger partial charge is 0.478 e. The number of hydrogen-bond donors (Lipinski definition) is 2. The maximum atomic E-state index is 10.1. The Bertz CT molecular complexity index is 355. The Balaban J connectivity index is 2.46. The molecular formula is C9H13N3O2. The smallest absolute Gasteiger partial charge is 0.329 e. The zero-order valence-electron chi connectivity index (χ0n) is 8.19. The number of nitrogens with zero attached hydrogens (tertiary/aromatic N) is 2. The minimum absolute atomic E-state index is 0.587. The van der Waals surface area contributed by atoms with Crippen LogP contribution in [0.2, 0.25) is 0 Å². The van der Waals surface area contributed by atoms with Crippen LogP contribution in [0.3, 0.4) is 0 Å². The van der Waals surface area contributed by atoms with Crippen molar-refractivity contribution in [1.82, 2.24) is 15.1 Å². The zero-order chi connectivity index (χ0) is 10.6. The van der Waals surface area contributed by atoms with Crippen molar-refractivity contribution in [2.75, 3.05) is 0 Å². The lowest BCUT2D eigenvalue weighted by Gasteiger charge is -1.99. The molecule has 0 aliphatic rings. The Morgan fingerprint density at radius 1 is 1.79 bits per heavy atom. The SMILES string of the molecule is Cc1c(CN/C=C/C(=O)O)cnn1C. The minimum atomic E-state index is -0.958. The van der Waals surface area contributed by atoms with Crippen molar-refractivity contribution < 1.29 is 9.90 Å². The summed E-state index contributed by atoms with van der Waals surface area (Å²) in [5.41, 5.74) is 2.13. The molecule has 0 aromatic carbocycles. The van der Waals surface area contributed by atoms with Gasteiger partial charge in [-0.05, 0) is 6.92 Å². The first-order valence-corrected chi connectivity index (χ1v) is 4.21. The van der Waals surface area contributed by atoms with Crippen LogP contribution in [0, 0.1) is 6.92 Å². The van der Waals surface area contributed by atoms with Gasteiger partial charge in [0.2, 0.25) is 0 Å². The molecule has 1 heterocycles. The van der Waals surface area contributed by atoms with E-state index >= 15 is 0 Å². The van der Waals surface area contributed by atoms with Crippen LogP contribution in [-0.4, -0.2) is 20.9 Å². The summed E-state index contributed by atoms with van der Waals surface area (Å²) in [7, 11) is 1.87. The molecule has 76 valence electrons. The van der Waals surface area contributed by atoms with Gasteiger partial charge in [0.1, 0.15) is 0 Å². The number of carboxylic acid groups (broad SMARTS) is 1. The maximum absolute atomic E-state index is 10.1. The number of hydrogen-bond acceptors (Lipinski definition) is 3. The first-order chi connectivity index (χ1) is 6.61. The van der Waals surface area contributed by atoms with Gasteiger partial charge in [-0.25, -0.2) is 4.79 Å². The van der Waals surface area contributed by atoms with E-state index in [1.165, 1.54) is 6.20 Å². The Morgan fingerprint density at radius 3 is 3.00 bits per heavy atom. The Morgan fingerprint density at radius 2 is 2.50 bits per heavy atom. The maximum Gasteiger partial charge on any atom is 0.329 e. The van der Waals surface area contributed by atoms with Crippen molar-refractivity contribution in [3.63, 3.8) is 0 Å². The summed E-state index contributed by atoms with van der Waals surface area (Å²) in [4.78, 5) is 10.1. The van der Waals surface area contributed by atoms with E-state index in [-0.39, 0.29) is 0 Å². The van der Waals surface area contributed by atoms with Gasteiger partial charge >= 0.3 is 5.97 Å². The summed E-state index contributed by atoms with van der Waals surface area (Å²) in [5, 5.41) is 15.3. The molecule has 0 amide bonds. The van der Waals surface area contributed by atoms with Gasteiger partial charge in [0.15, 0.2) is 0 Å². The lowest BCUT2D eigenvalue weighted by molar-refractivity contribution is -0.131. The average Bonchev–Trinajstić information content (AvgIpc) is 2.43. The van der Waals surface area contributed by atoms with E-state index in [9.17, 15) is 4.79 Å². The molecule has 1 aromatic rings. The van der Waals surface area contributed by atoms with Crippen molar-refractivity contribution >= 4 is 5.97 Å². The summed E-state index contributed by atoms with van der Waals surface area (Å²) >= 11 is 0. The van der Waals surface area contributed by atoms with Gasteiger partial charge in [-0.1, -0.05) is 0 Å². The van der Waals surface area contributed by atoms with Crippen molar-refractivity contribution in [3.8, 4) is 0 Å². The van der Waals surface area contributed by atoms with E-state index in [0.717, 1.165) is 17.3 Å². The number of aliphatic carboxylic acids is 1. The van der Waals surface area contributed by atoms with Crippen LogP contribution in [0.4, 0.5) is 0 Å². The van der Waals surface area contributed by atoms with E-state index in [4.69, 9.17) is 5.11 Å². The molecule has 0 saturated heterocycles. The molecule has 1 rings (SSSR count). The lowest BCUT2D eigenvalue weighted by atomic mass is 10.2. The predicted octanol–water partition coefficient (Wildman–Crippen LogP) is 0.416. The monoisotopic (exact) mass is 195 g/mol. The van der Waals surface area contributed by atoms with Crippen LogP contribution in [0.1, 0.15) is 11.3 Å². The van der Waals surface area contributed by atoms with Crippen LogP contribution in [-0.2, 0) is 18.4 Å². The van der Waals surface area contributed by atoms with E-state index in [0.29, 0.717) is 6.54 Å². The molecule has 1 aromatic heterocycles. The van der Waals surface area contributed by atoms with Crippen LogP contribution in [0.5, 0.6) is 0 Å². The molecule has 0 atom stereocenters. The summed E-state index contributed by atoms with van der Waals surface area (Å²) in [6.45, 7) is 2.55. The number of carbonyl (C=O) groups is 1. The second-order valence-corrected chi connectivity index (χ2v) is 2.93. The molecule has 0 fully saturated rings. The Labute approximate surface area is 82.0 Å². The van der Waals surface area contributed by atoms with Crippen molar-refractivity contribution in [2.45, 2.75) is 13.5 Å². The molecule has 0 unspecified atom stereocenters. The summed E-state index contributed by atoms with van der Waals surface area (Å²) < 4.78 is 1.78. The fraction of sp³-hybridized carbons (Fsp3) is 0.333. The first kappa shape index (κ1) is 10.3.